The molecule has 0 radical (unpaired) electrons. The van der Waals surface area contributed by atoms with Crippen molar-refractivity contribution in [3.63, 3.8) is 0 Å². The summed E-state index contributed by atoms with van der Waals surface area (Å²) in [5.41, 5.74) is -6.18. The van der Waals surface area contributed by atoms with Crippen LogP contribution in [-0.4, -0.2) is 76.7 Å². The Balaban J connectivity index is 0.000000211. The van der Waals surface area contributed by atoms with Gasteiger partial charge in [-0.1, -0.05) is 12.1 Å². The Labute approximate surface area is 406 Å². The van der Waals surface area contributed by atoms with Crippen molar-refractivity contribution in [1.29, 1.82) is 10.5 Å². The van der Waals surface area contributed by atoms with Crippen molar-refractivity contribution in [3.8, 4) is 34.4 Å². The average Bonchev–Trinajstić information content (AvgIpc) is 4.16. The van der Waals surface area contributed by atoms with E-state index < -0.39 is 134 Å². The fraction of sp³-hybridized carbons (Fsp3) is 0.417. The number of nitriles is 2. The van der Waals surface area contributed by atoms with Gasteiger partial charge in [0.05, 0.1) is 67.6 Å². The molecule has 0 spiro atoms. The van der Waals surface area contributed by atoms with E-state index in [4.69, 9.17) is 9.47 Å². The van der Waals surface area contributed by atoms with E-state index in [0.29, 0.717) is 49.9 Å². The minimum Gasteiger partial charge on any atom is -0.381 e. The maximum absolute atomic E-state index is 14.2. The molecule has 2 amide bonds. The third-order valence-electron chi connectivity index (χ3n) is 13.4. The van der Waals surface area contributed by atoms with Gasteiger partial charge < -0.3 is 20.1 Å². The molecule has 4 aliphatic carbocycles. The number of carbonyl (C=O) groups excluding carboxylic acids is 2. The van der Waals surface area contributed by atoms with Crippen molar-refractivity contribution in [2.24, 2.45) is 11.8 Å². The van der Waals surface area contributed by atoms with E-state index >= 15 is 0 Å². The molecule has 0 saturated heterocycles. The molecule has 4 aliphatic rings. The van der Waals surface area contributed by atoms with E-state index in [0.717, 1.165) is 48.5 Å². The van der Waals surface area contributed by atoms with E-state index in [1.807, 2.05) is 12.1 Å². The van der Waals surface area contributed by atoms with Gasteiger partial charge in [-0.2, -0.15) is 36.9 Å². The molecule has 6 atom stereocenters. The predicted molar refractivity (Wildman–Crippen MR) is 234 cm³/mol. The van der Waals surface area contributed by atoms with E-state index in [1.165, 1.54) is 14.2 Å². The number of ether oxygens (including phenoxy) is 2. The normalized spacial score (nSPS) is 23.2. The Morgan fingerprint density at radius 1 is 0.569 bits per heavy atom. The number of nitrogens with zero attached hydrogens (tertiary/aromatic N) is 2. The van der Waals surface area contributed by atoms with Crippen LogP contribution in [0.15, 0.2) is 82.6 Å². The first-order valence-corrected chi connectivity index (χ1v) is 25.0. The summed E-state index contributed by atoms with van der Waals surface area (Å²) in [6.45, 7) is 0. The van der Waals surface area contributed by atoms with Crippen molar-refractivity contribution < 1.29 is 79.8 Å². The average molecular weight is 1060 g/mol. The minimum atomic E-state index is -5.10. The lowest BCUT2D eigenvalue weighted by atomic mass is 10.0. The second-order valence-electron chi connectivity index (χ2n) is 18.1. The van der Waals surface area contributed by atoms with Crippen LogP contribution in [0.4, 0.5) is 43.9 Å². The van der Waals surface area contributed by atoms with Crippen LogP contribution in [-0.2, 0) is 51.1 Å². The van der Waals surface area contributed by atoms with Gasteiger partial charge in [-0.3, -0.25) is 9.59 Å². The lowest BCUT2D eigenvalue weighted by Crippen LogP contribution is -2.42. The van der Waals surface area contributed by atoms with Crippen LogP contribution in [0.3, 0.4) is 0 Å². The molecule has 0 heterocycles. The smallest absolute Gasteiger partial charge is 0.381 e. The Bertz CT molecular complexity index is 2910. The van der Waals surface area contributed by atoms with E-state index in [2.05, 4.69) is 10.6 Å². The Hall–Kier alpha value is -6.08. The molecule has 0 aliphatic heterocycles. The highest BCUT2D eigenvalue weighted by atomic mass is 32.2. The summed E-state index contributed by atoms with van der Waals surface area (Å²) >= 11 is 0. The van der Waals surface area contributed by atoms with Crippen LogP contribution >= 0.6 is 0 Å². The lowest BCUT2D eigenvalue weighted by Gasteiger charge is -2.19. The van der Waals surface area contributed by atoms with Crippen molar-refractivity contribution >= 4 is 31.5 Å². The summed E-state index contributed by atoms with van der Waals surface area (Å²) in [6, 6.07) is 13.3. The van der Waals surface area contributed by atoms with Crippen molar-refractivity contribution in [1.82, 2.24) is 10.6 Å². The molecular formula is C48H42F10N4O8S2. The number of alkyl halides is 6. The van der Waals surface area contributed by atoms with Crippen LogP contribution in [0.2, 0.25) is 0 Å². The van der Waals surface area contributed by atoms with Crippen molar-refractivity contribution in [2.75, 3.05) is 14.2 Å². The summed E-state index contributed by atoms with van der Waals surface area (Å²) in [5.74, 6) is -7.14. The highest BCUT2D eigenvalue weighted by Crippen LogP contribution is 2.46. The molecule has 4 aromatic rings. The zero-order chi connectivity index (χ0) is 52.9. The summed E-state index contributed by atoms with van der Waals surface area (Å²) < 4.78 is 203. The van der Waals surface area contributed by atoms with Gasteiger partial charge in [0.15, 0.2) is 19.7 Å². The number of rotatable bonds is 12. The van der Waals surface area contributed by atoms with Gasteiger partial charge in [-0.25, -0.2) is 34.4 Å². The number of halogens is 10. The van der Waals surface area contributed by atoms with E-state index in [-0.39, 0.29) is 47.9 Å². The highest BCUT2D eigenvalue weighted by Gasteiger charge is 2.53. The number of nitrogens with one attached hydrogen (secondary N) is 2. The zero-order valence-corrected chi connectivity index (χ0v) is 39.4. The Kier molecular flexibility index (Phi) is 14.7. The first-order chi connectivity index (χ1) is 33.6. The molecule has 4 aromatic carbocycles. The molecule has 72 heavy (non-hydrogen) atoms. The molecular weight excluding hydrogens is 1010 g/mol. The van der Waals surface area contributed by atoms with Crippen molar-refractivity contribution in [3.05, 3.63) is 107 Å². The number of carbonyl (C=O) groups is 2. The van der Waals surface area contributed by atoms with E-state index in [1.54, 1.807) is 0 Å². The number of hydrogen-bond acceptors (Lipinski definition) is 10. The van der Waals surface area contributed by atoms with Crippen LogP contribution in [0.25, 0.3) is 22.3 Å². The van der Waals surface area contributed by atoms with Crippen LogP contribution < -0.4 is 10.6 Å². The molecule has 2 N–H and O–H groups in total. The standard InChI is InChI=1S/2C24H21F5N2O4S/c2*1-35-20-11-15(10-17(20)22(32)31-23(12-30)6-7-23)36(33,34)21-5-2-13(8-18(21)24(27,28)29)16-4-3-14(25)9-19(16)26/h2*2-5,8-9,15,17,20H,6-7,10-11H2,1H3,(H,31,32)/t15?,17-,20-;15-,17-,20-/m01/s1. The maximum atomic E-state index is 14.2. The maximum Gasteiger partial charge on any atom is 0.417 e. The predicted octanol–water partition coefficient (Wildman–Crippen LogP) is 8.78. The fourth-order valence-electron chi connectivity index (χ4n) is 9.07. The number of benzene rings is 4. The van der Waals surface area contributed by atoms with Gasteiger partial charge in [0.2, 0.25) is 11.8 Å². The summed E-state index contributed by atoms with van der Waals surface area (Å²) in [5, 5.41) is 20.9. The van der Waals surface area contributed by atoms with Gasteiger partial charge in [-0.05, 0) is 111 Å². The van der Waals surface area contributed by atoms with Gasteiger partial charge in [-0.15, -0.1) is 0 Å². The van der Waals surface area contributed by atoms with Crippen LogP contribution in [0, 0.1) is 57.8 Å². The SMILES string of the molecule is CO[C@@H]1C[C@H](S(=O)(=O)c2ccc(-c3ccc(F)cc3F)cc2C(F)(F)F)C[C@H]1C(=O)NC1(C#N)CC1.CO[C@H]1CC(S(=O)(=O)c2ccc(-c3ccc(F)cc3F)cc2C(F)(F)F)C[C@@H]1C(=O)NC1(C#N)CC1. The minimum absolute atomic E-state index is 0.220. The summed E-state index contributed by atoms with van der Waals surface area (Å²) in [4.78, 5) is 23.5. The van der Waals surface area contributed by atoms with Gasteiger partial charge in [0.1, 0.15) is 34.3 Å². The zero-order valence-electron chi connectivity index (χ0n) is 37.8. The fourth-order valence-corrected chi connectivity index (χ4v) is 13.1. The van der Waals surface area contributed by atoms with Gasteiger partial charge in [0.25, 0.3) is 0 Å². The molecule has 0 aromatic heterocycles. The first kappa shape index (κ1) is 53.7. The summed E-state index contributed by atoms with van der Waals surface area (Å²) in [7, 11) is -6.68. The quantitative estimate of drug-likeness (QED) is 0.130. The number of amides is 2. The van der Waals surface area contributed by atoms with Crippen LogP contribution in [0.5, 0.6) is 0 Å². The second-order valence-corrected chi connectivity index (χ2v) is 22.5. The largest absolute Gasteiger partial charge is 0.417 e. The first-order valence-electron chi connectivity index (χ1n) is 22.0. The third-order valence-corrected chi connectivity index (χ3v) is 17.9. The molecule has 384 valence electrons. The second kappa shape index (κ2) is 19.7. The topological polar surface area (TPSA) is 193 Å². The van der Waals surface area contributed by atoms with E-state index in [9.17, 15) is 80.9 Å². The number of methoxy groups -OCH3 is 2. The number of sulfone groups is 2. The Morgan fingerprint density at radius 2 is 0.917 bits per heavy atom. The third kappa shape index (κ3) is 11.0. The highest BCUT2D eigenvalue weighted by molar-refractivity contribution is 7.92. The lowest BCUT2D eigenvalue weighted by molar-refractivity contribution is -0.140. The molecule has 4 saturated carbocycles. The molecule has 8 rings (SSSR count). The molecule has 4 fully saturated rings. The molecule has 0 bridgehead atoms. The Morgan fingerprint density at radius 3 is 1.19 bits per heavy atom. The molecule has 24 heteroatoms. The van der Waals surface area contributed by atoms with Gasteiger partial charge >= 0.3 is 12.4 Å². The molecule has 12 nitrogen and oxygen atoms in total. The molecule has 1 unspecified atom stereocenters. The van der Waals surface area contributed by atoms with Crippen LogP contribution in [0.1, 0.15) is 62.5 Å². The monoisotopic (exact) mass is 1060 g/mol. The van der Waals surface area contributed by atoms with Crippen molar-refractivity contribution in [2.45, 2.75) is 107 Å². The number of hydrogen-bond donors (Lipinski definition) is 2. The summed E-state index contributed by atoms with van der Waals surface area (Å²) in [6.07, 6.45) is -11.2. The van der Waals surface area contributed by atoms with Gasteiger partial charge in [0, 0.05) is 37.5 Å².